The molecule has 0 unspecified atom stereocenters. The highest BCUT2D eigenvalue weighted by molar-refractivity contribution is 6.18. The van der Waals surface area contributed by atoms with E-state index in [1.807, 2.05) is 107 Å². The van der Waals surface area contributed by atoms with Crippen molar-refractivity contribution in [1.29, 1.82) is 0 Å². The smallest absolute Gasteiger partial charge is 0.164 e. The van der Waals surface area contributed by atoms with E-state index in [0.29, 0.717) is 34.9 Å². The van der Waals surface area contributed by atoms with Gasteiger partial charge in [-0.1, -0.05) is 90.5 Å². The van der Waals surface area contributed by atoms with Gasteiger partial charge in [0.2, 0.25) is 0 Å². The Bertz CT molecular complexity index is 4420. The zero-order valence-corrected chi connectivity index (χ0v) is 39.2. The molecule has 8 aromatic carbocycles. The number of fused-ring (bicyclic) bond motifs is 12. The fourth-order valence-corrected chi connectivity index (χ4v) is 10.2. The van der Waals surface area contributed by atoms with E-state index >= 15 is 0 Å². The van der Waals surface area contributed by atoms with Crippen LogP contribution in [0.2, 0.25) is 0 Å². The average Bonchev–Trinajstić information content (AvgIpc) is 4.14. The van der Waals surface area contributed by atoms with E-state index in [-0.39, 0.29) is 0 Å². The molecule has 0 spiro atoms. The summed E-state index contributed by atoms with van der Waals surface area (Å²) in [5.74, 6) is 4.12. The van der Waals surface area contributed by atoms with Gasteiger partial charge in [-0.25, -0.2) is 29.9 Å². The van der Waals surface area contributed by atoms with Crippen LogP contribution >= 0.6 is 0 Å². The van der Waals surface area contributed by atoms with Gasteiger partial charge < -0.3 is 17.7 Å². The molecule has 0 atom stereocenters. The number of nitrogens with zero attached hydrogens (tertiary/aromatic N) is 6. The molecule has 14 rings (SSSR count). The number of para-hydroxylation sites is 1. The van der Waals surface area contributed by atoms with Crippen LogP contribution in [0.1, 0.15) is 34.4 Å². The van der Waals surface area contributed by atoms with Crippen LogP contribution in [-0.2, 0) is 0 Å². The maximum absolute atomic E-state index is 6.25. The monoisotopic (exact) mass is 910 g/mol. The van der Waals surface area contributed by atoms with Crippen LogP contribution in [0.15, 0.2) is 163 Å². The average molecular weight is 911 g/mol. The lowest BCUT2D eigenvalue weighted by Gasteiger charge is -2.07. The molecule has 0 fully saturated rings. The standard InChI is InChI=1S/2C30H21N3O2/c1-16-10-12-24-22(14-16)28-20(6-4-8-26(28)34-24)19-11-13-25-23(15-19)29-21(7-5-9-27(29)35-25)30-32-17(2)31-18(3)33-30;1-16-11-13-20(28-21-7-4-5-9-24(21)35-29(16)28)19-12-14-25-23(15-19)27-22(8-6-10-26(27)34-25)30-32-17(2)31-18(3)33-30/h2*4-15H,1-3H3. The first-order chi connectivity index (χ1) is 34.1. The molecule has 70 heavy (non-hydrogen) atoms. The Labute approximate surface area is 400 Å². The van der Waals surface area contributed by atoms with Crippen molar-refractivity contribution in [3.8, 4) is 45.0 Å². The summed E-state index contributed by atoms with van der Waals surface area (Å²) in [6, 6.07) is 49.9. The highest BCUT2D eigenvalue weighted by Crippen LogP contribution is 2.44. The highest BCUT2D eigenvalue weighted by Gasteiger charge is 2.21. The minimum Gasteiger partial charge on any atom is -0.456 e. The van der Waals surface area contributed by atoms with Crippen LogP contribution in [0.4, 0.5) is 0 Å². The minimum atomic E-state index is 0.659. The maximum atomic E-state index is 6.25. The number of benzene rings is 8. The molecule has 0 saturated heterocycles. The fourth-order valence-electron chi connectivity index (χ4n) is 10.2. The molecule has 0 amide bonds. The predicted octanol–water partition coefficient (Wildman–Crippen LogP) is 15.9. The zero-order valence-electron chi connectivity index (χ0n) is 39.2. The second kappa shape index (κ2) is 15.8. The first-order valence-corrected chi connectivity index (χ1v) is 23.3. The molecule has 0 aliphatic carbocycles. The van der Waals surface area contributed by atoms with E-state index in [1.165, 1.54) is 5.56 Å². The molecule has 6 heterocycles. The molecule has 10 nitrogen and oxygen atoms in total. The van der Waals surface area contributed by atoms with Crippen LogP contribution in [-0.4, -0.2) is 29.9 Å². The Morgan fingerprint density at radius 1 is 0.300 bits per heavy atom. The molecule has 336 valence electrons. The first kappa shape index (κ1) is 41.2. The Kier molecular flexibility index (Phi) is 9.29. The molecule has 0 bridgehead atoms. The number of hydrogen-bond acceptors (Lipinski definition) is 10. The number of aryl methyl sites for hydroxylation is 6. The number of rotatable bonds is 4. The lowest BCUT2D eigenvalue weighted by atomic mass is 9.96. The quantitative estimate of drug-likeness (QED) is 0.168. The van der Waals surface area contributed by atoms with Crippen molar-refractivity contribution in [2.75, 3.05) is 0 Å². The minimum absolute atomic E-state index is 0.659. The second-order valence-electron chi connectivity index (χ2n) is 18.0. The maximum Gasteiger partial charge on any atom is 0.164 e. The van der Waals surface area contributed by atoms with Gasteiger partial charge in [-0.3, -0.25) is 0 Å². The summed E-state index contributed by atoms with van der Waals surface area (Å²) in [5, 5.41) is 8.60. The fraction of sp³-hybridized carbons (Fsp3) is 0.100. The number of aromatic nitrogens is 6. The zero-order chi connectivity index (χ0) is 47.4. The molecule has 0 saturated carbocycles. The van der Waals surface area contributed by atoms with Gasteiger partial charge in [0.05, 0.1) is 0 Å². The van der Waals surface area contributed by atoms with Crippen molar-refractivity contribution in [3.05, 3.63) is 180 Å². The molecule has 0 radical (unpaired) electrons. The lowest BCUT2D eigenvalue weighted by Crippen LogP contribution is -1.99. The SMILES string of the molecule is Cc1ccc2oc3cccc(-c4ccc5oc6cccc(-c7nc(C)nc(C)n7)c6c5c4)c3c2c1.Cc1nc(C)nc(-c2cccc3oc4ccc(-c5ccc(C)c6oc7ccccc7c56)cc4c23)n1. The highest BCUT2D eigenvalue weighted by atomic mass is 16.3. The molecule has 14 aromatic rings. The van der Waals surface area contributed by atoms with Gasteiger partial charge in [-0.2, -0.15) is 0 Å². The molecule has 0 aliphatic heterocycles. The Balaban J connectivity index is 0.000000137. The van der Waals surface area contributed by atoms with Gasteiger partial charge in [0.15, 0.2) is 11.6 Å². The Hall–Kier alpha value is -9.02. The van der Waals surface area contributed by atoms with Crippen molar-refractivity contribution in [1.82, 2.24) is 29.9 Å². The van der Waals surface area contributed by atoms with Gasteiger partial charge in [-0.05, 0) is 130 Å². The number of hydrogen-bond donors (Lipinski definition) is 0. The molecule has 0 N–H and O–H groups in total. The van der Waals surface area contributed by atoms with Gasteiger partial charge in [0.1, 0.15) is 68.0 Å². The molecular formula is C60H42N6O4. The van der Waals surface area contributed by atoms with Crippen molar-refractivity contribution in [3.63, 3.8) is 0 Å². The number of furan rings is 4. The summed E-state index contributed by atoms with van der Waals surface area (Å²) < 4.78 is 24.9. The third kappa shape index (κ3) is 6.70. The summed E-state index contributed by atoms with van der Waals surface area (Å²) in [6.07, 6.45) is 0. The third-order valence-electron chi connectivity index (χ3n) is 13.2. The van der Waals surface area contributed by atoms with Crippen LogP contribution in [0.3, 0.4) is 0 Å². The Morgan fingerprint density at radius 2 is 0.729 bits per heavy atom. The van der Waals surface area contributed by atoms with Crippen LogP contribution in [0.25, 0.3) is 133 Å². The van der Waals surface area contributed by atoms with E-state index in [0.717, 1.165) is 127 Å². The van der Waals surface area contributed by atoms with Gasteiger partial charge in [0, 0.05) is 54.2 Å². The third-order valence-corrected chi connectivity index (χ3v) is 13.2. The van der Waals surface area contributed by atoms with E-state index in [2.05, 4.69) is 110 Å². The van der Waals surface area contributed by atoms with Gasteiger partial charge in [0.25, 0.3) is 0 Å². The summed E-state index contributed by atoms with van der Waals surface area (Å²) >= 11 is 0. The summed E-state index contributed by atoms with van der Waals surface area (Å²) in [6.45, 7) is 11.8. The summed E-state index contributed by atoms with van der Waals surface area (Å²) in [7, 11) is 0. The van der Waals surface area contributed by atoms with Crippen molar-refractivity contribution >= 4 is 87.8 Å². The van der Waals surface area contributed by atoms with E-state index in [1.54, 1.807) is 0 Å². The normalized spacial score (nSPS) is 11.9. The first-order valence-electron chi connectivity index (χ1n) is 23.3. The van der Waals surface area contributed by atoms with Crippen LogP contribution in [0, 0.1) is 41.5 Å². The van der Waals surface area contributed by atoms with E-state index in [9.17, 15) is 0 Å². The van der Waals surface area contributed by atoms with Crippen molar-refractivity contribution in [2.45, 2.75) is 41.5 Å². The molecule has 6 aromatic heterocycles. The largest absolute Gasteiger partial charge is 0.456 e. The van der Waals surface area contributed by atoms with Crippen molar-refractivity contribution in [2.24, 2.45) is 0 Å². The van der Waals surface area contributed by atoms with Crippen LogP contribution < -0.4 is 0 Å². The van der Waals surface area contributed by atoms with Crippen LogP contribution in [0.5, 0.6) is 0 Å². The van der Waals surface area contributed by atoms with Gasteiger partial charge >= 0.3 is 0 Å². The Morgan fingerprint density at radius 3 is 1.27 bits per heavy atom. The molecule has 10 heteroatoms. The van der Waals surface area contributed by atoms with E-state index < -0.39 is 0 Å². The second-order valence-corrected chi connectivity index (χ2v) is 18.0. The lowest BCUT2D eigenvalue weighted by molar-refractivity contribution is 0.666. The topological polar surface area (TPSA) is 130 Å². The summed E-state index contributed by atoms with van der Waals surface area (Å²) in [4.78, 5) is 27.2. The molecular weight excluding hydrogens is 869 g/mol. The van der Waals surface area contributed by atoms with Gasteiger partial charge in [-0.15, -0.1) is 0 Å². The molecule has 0 aliphatic rings. The summed E-state index contributed by atoms with van der Waals surface area (Å²) in [5.41, 5.74) is 15.6. The van der Waals surface area contributed by atoms with E-state index in [4.69, 9.17) is 17.7 Å². The predicted molar refractivity (Wildman–Crippen MR) is 279 cm³/mol. The van der Waals surface area contributed by atoms with Crippen molar-refractivity contribution < 1.29 is 17.7 Å².